The maximum atomic E-state index is 12.5. The fraction of sp³-hybridized carbons (Fsp3) is 0.217. The molecule has 0 saturated carbocycles. The molecule has 0 fully saturated rings. The summed E-state index contributed by atoms with van der Waals surface area (Å²) in [6.07, 6.45) is 1.53. The molecule has 1 amide bonds. The first-order chi connectivity index (χ1) is 15.1. The molecule has 0 unspecified atom stereocenters. The van der Waals surface area contributed by atoms with E-state index in [-0.39, 0.29) is 12.4 Å². The Morgan fingerprint density at radius 2 is 2.13 bits per heavy atom. The summed E-state index contributed by atoms with van der Waals surface area (Å²) < 4.78 is 13.0. The van der Waals surface area contributed by atoms with Gasteiger partial charge in [0.05, 0.1) is 19.4 Å². The van der Waals surface area contributed by atoms with Crippen molar-refractivity contribution in [1.82, 2.24) is 9.99 Å². The Balaban J connectivity index is 1.54. The Kier molecular flexibility index (Phi) is 6.36. The fourth-order valence-electron chi connectivity index (χ4n) is 3.45. The van der Waals surface area contributed by atoms with Crippen molar-refractivity contribution in [1.29, 1.82) is 0 Å². The average Bonchev–Trinajstić information content (AvgIpc) is 3.33. The van der Waals surface area contributed by atoms with Crippen molar-refractivity contribution in [3.05, 3.63) is 70.6 Å². The Hall–Kier alpha value is -3.13. The van der Waals surface area contributed by atoms with Crippen LogP contribution in [0.1, 0.15) is 28.6 Å². The maximum Gasteiger partial charge on any atom is 0.307 e. The van der Waals surface area contributed by atoms with Crippen LogP contribution in [0, 0.1) is 0 Å². The number of aromatic nitrogens is 1. The average molecular weight is 440 g/mol. The van der Waals surface area contributed by atoms with Crippen molar-refractivity contribution in [3.63, 3.8) is 0 Å². The van der Waals surface area contributed by atoms with Crippen molar-refractivity contribution in [2.75, 3.05) is 13.2 Å². The van der Waals surface area contributed by atoms with Crippen molar-refractivity contribution < 1.29 is 19.1 Å². The van der Waals surface area contributed by atoms with Crippen molar-refractivity contribution in [3.8, 4) is 0 Å². The normalized spacial score (nSPS) is 11.7. The van der Waals surface area contributed by atoms with Crippen LogP contribution < -0.4 is 5.43 Å². The highest BCUT2D eigenvalue weighted by molar-refractivity contribution is 6.34. The van der Waals surface area contributed by atoms with Crippen LogP contribution in [0.25, 0.3) is 21.9 Å². The number of hydrazone groups is 1. The SMILES string of the molecule is CCOCCn1c(Cl)c(/C=N/NC(=O)c2cc3cc(CO)ccc3o2)c2ccccc21. The lowest BCUT2D eigenvalue weighted by atomic mass is 10.2. The molecule has 7 nitrogen and oxygen atoms in total. The first-order valence-electron chi connectivity index (χ1n) is 9.93. The highest BCUT2D eigenvalue weighted by Gasteiger charge is 2.15. The molecular weight excluding hydrogens is 418 g/mol. The van der Waals surface area contributed by atoms with Crippen molar-refractivity contribution in [2.24, 2.45) is 5.10 Å². The summed E-state index contributed by atoms with van der Waals surface area (Å²) in [6, 6.07) is 14.7. The molecular formula is C23H22ClN3O4. The van der Waals surface area contributed by atoms with Gasteiger partial charge in [0, 0.05) is 35.0 Å². The van der Waals surface area contributed by atoms with Crippen LogP contribution >= 0.6 is 11.6 Å². The van der Waals surface area contributed by atoms with Crippen LogP contribution in [-0.2, 0) is 17.9 Å². The number of hydrogen-bond acceptors (Lipinski definition) is 5. The van der Waals surface area contributed by atoms with E-state index in [1.807, 2.05) is 35.8 Å². The zero-order chi connectivity index (χ0) is 21.8. The summed E-state index contributed by atoms with van der Waals surface area (Å²) in [4.78, 5) is 12.5. The van der Waals surface area contributed by atoms with Crippen LogP contribution in [-0.4, -0.2) is 35.0 Å². The molecule has 0 atom stereocenters. The van der Waals surface area contributed by atoms with E-state index in [4.69, 9.17) is 20.8 Å². The van der Waals surface area contributed by atoms with Gasteiger partial charge in [-0.05, 0) is 36.8 Å². The number of aliphatic hydroxyl groups is 1. The lowest BCUT2D eigenvalue weighted by molar-refractivity contribution is 0.0929. The molecule has 0 aliphatic carbocycles. The van der Waals surface area contributed by atoms with E-state index in [9.17, 15) is 9.90 Å². The fourth-order valence-corrected chi connectivity index (χ4v) is 3.78. The largest absolute Gasteiger partial charge is 0.451 e. The van der Waals surface area contributed by atoms with Gasteiger partial charge in [-0.1, -0.05) is 35.9 Å². The molecule has 4 aromatic rings. The lowest BCUT2D eigenvalue weighted by Crippen LogP contribution is -2.16. The number of hydrogen-bond donors (Lipinski definition) is 2. The van der Waals surface area contributed by atoms with Gasteiger partial charge in [-0.15, -0.1) is 0 Å². The van der Waals surface area contributed by atoms with E-state index in [1.165, 1.54) is 6.21 Å². The highest BCUT2D eigenvalue weighted by Crippen LogP contribution is 2.29. The second-order valence-electron chi connectivity index (χ2n) is 6.91. The van der Waals surface area contributed by atoms with E-state index in [1.54, 1.807) is 24.3 Å². The lowest BCUT2D eigenvalue weighted by Gasteiger charge is -2.06. The van der Waals surface area contributed by atoms with E-state index < -0.39 is 5.91 Å². The topological polar surface area (TPSA) is 89.0 Å². The van der Waals surface area contributed by atoms with Gasteiger partial charge in [0.1, 0.15) is 10.7 Å². The number of benzene rings is 2. The van der Waals surface area contributed by atoms with Gasteiger partial charge < -0.3 is 18.8 Å². The molecule has 160 valence electrons. The molecule has 0 aliphatic rings. The van der Waals surface area contributed by atoms with Gasteiger partial charge >= 0.3 is 5.91 Å². The molecule has 2 aromatic carbocycles. The number of carbonyl (C=O) groups excluding carboxylic acids is 1. The summed E-state index contributed by atoms with van der Waals surface area (Å²) >= 11 is 6.61. The molecule has 0 aliphatic heterocycles. The first-order valence-corrected chi connectivity index (χ1v) is 10.3. The summed E-state index contributed by atoms with van der Waals surface area (Å²) in [7, 11) is 0. The van der Waals surface area contributed by atoms with Crippen LogP contribution in [0.4, 0.5) is 0 Å². The quantitative estimate of drug-likeness (QED) is 0.243. The van der Waals surface area contributed by atoms with Gasteiger partial charge in [-0.3, -0.25) is 4.79 Å². The van der Waals surface area contributed by atoms with Crippen LogP contribution in [0.15, 0.2) is 58.0 Å². The van der Waals surface area contributed by atoms with Gasteiger partial charge in [-0.25, -0.2) is 5.43 Å². The smallest absolute Gasteiger partial charge is 0.307 e. The number of furan rings is 1. The summed E-state index contributed by atoms with van der Waals surface area (Å²) in [5.41, 5.74) is 5.47. The van der Waals surface area contributed by atoms with Gasteiger partial charge in [-0.2, -0.15) is 5.10 Å². The second kappa shape index (κ2) is 9.34. The van der Waals surface area contributed by atoms with Gasteiger partial charge in [0.2, 0.25) is 0 Å². The summed E-state index contributed by atoms with van der Waals surface area (Å²) in [5, 5.41) is 15.5. The Morgan fingerprint density at radius 1 is 1.29 bits per heavy atom. The third kappa shape index (κ3) is 4.34. The molecule has 2 aromatic heterocycles. The Morgan fingerprint density at radius 3 is 2.94 bits per heavy atom. The van der Waals surface area contributed by atoms with E-state index in [0.717, 1.165) is 21.9 Å². The first kappa shape index (κ1) is 21.1. The molecule has 8 heteroatoms. The number of rotatable bonds is 8. The number of para-hydroxylation sites is 1. The Labute approximate surface area is 183 Å². The molecule has 2 heterocycles. The predicted molar refractivity (Wildman–Crippen MR) is 121 cm³/mol. The number of ether oxygens (including phenoxy) is 1. The minimum absolute atomic E-state index is 0.0775. The van der Waals surface area contributed by atoms with Crippen molar-refractivity contribution in [2.45, 2.75) is 20.1 Å². The van der Waals surface area contributed by atoms with Crippen LogP contribution in [0.5, 0.6) is 0 Å². The number of nitrogens with one attached hydrogen (secondary N) is 1. The second-order valence-corrected chi connectivity index (χ2v) is 7.27. The number of halogens is 1. The Bertz CT molecular complexity index is 1260. The molecule has 31 heavy (non-hydrogen) atoms. The monoisotopic (exact) mass is 439 g/mol. The molecule has 4 rings (SSSR count). The molecule has 2 N–H and O–H groups in total. The molecule has 0 spiro atoms. The standard InChI is InChI=1S/C23H22ClN3O4/c1-2-30-10-9-27-19-6-4-3-5-17(19)18(22(27)24)13-25-26-23(29)21-12-16-11-15(14-28)7-8-20(16)31-21/h3-8,11-13,28H,2,9-10,14H2,1H3,(H,26,29)/b25-13+. The summed E-state index contributed by atoms with van der Waals surface area (Å²) in [5.74, 6) is -0.346. The minimum Gasteiger partial charge on any atom is -0.451 e. The molecule has 0 bridgehead atoms. The van der Waals surface area contributed by atoms with E-state index in [2.05, 4.69) is 10.5 Å². The highest BCUT2D eigenvalue weighted by atomic mass is 35.5. The van der Waals surface area contributed by atoms with Gasteiger partial charge in [0.25, 0.3) is 0 Å². The van der Waals surface area contributed by atoms with Crippen LogP contribution in [0.2, 0.25) is 5.15 Å². The number of carbonyl (C=O) groups is 1. The number of aliphatic hydroxyl groups excluding tert-OH is 1. The molecule has 0 saturated heterocycles. The van der Waals surface area contributed by atoms with Crippen LogP contribution in [0.3, 0.4) is 0 Å². The summed E-state index contributed by atoms with van der Waals surface area (Å²) in [6.45, 7) is 3.67. The zero-order valence-electron chi connectivity index (χ0n) is 17.0. The third-order valence-electron chi connectivity index (χ3n) is 4.95. The molecule has 0 radical (unpaired) electrons. The maximum absolute atomic E-state index is 12.5. The third-order valence-corrected chi connectivity index (χ3v) is 5.36. The van der Waals surface area contributed by atoms with Crippen molar-refractivity contribution >= 4 is 45.6 Å². The van der Waals surface area contributed by atoms with E-state index >= 15 is 0 Å². The minimum atomic E-state index is -0.478. The number of amides is 1. The number of fused-ring (bicyclic) bond motifs is 2. The van der Waals surface area contributed by atoms with E-state index in [0.29, 0.717) is 36.1 Å². The van der Waals surface area contributed by atoms with Gasteiger partial charge in [0.15, 0.2) is 5.76 Å². The number of nitrogens with zero attached hydrogens (tertiary/aromatic N) is 2. The zero-order valence-corrected chi connectivity index (χ0v) is 17.7. The predicted octanol–water partition coefficient (Wildman–Crippen LogP) is 4.33.